The van der Waals surface area contributed by atoms with Crippen molar-refractivity contribution in [2.45, 2.75) is 205 Å². The molecule has 10 aromatic heterocycles. The molecule has 0 saturated carbocycles. The van der Waals surface area contributed by atoms with Gasteiger partial charge in [-0.2, -0.15) is 20.4 Å². The van der Waals surface area contributed by atoms with Crippen molar-refractivity contribution in [2.24, 2.45) is 33.9 Å². The molecule has 2 saturated heterocycles. The van der Waals surface area contributed by atoms with Crippen molar-refractivity contribution < 1.29 is 71.6 Å². The lowest BCUT2D eigenvalue weighted by molar-refractivity contribution is -0.116. The molecule has 10 aromatic rings. The Morgan fingerprint density at radius 3 is 1.39 bits per heavy atom. The van der Waals surface area contributed by atoms with Gasteiger partial charge in [-0.3, -0.25) is 51.7 Å². The van der Waals surface area contributed by atoms with E-state index in [-0.39, 0.29) is 105 Å². The Bertz CT molecular complexity index is 6590. The number of nitrogens with two attached hydrogens (primary N) is 1. The number of H-pyrrole nitrogens is 2. The van der Waals surface area contributed by atoms with Crippen LogP contribution in [-0.2, 0) is 73.9 Å². The fraction of sp³-hybridized carbons (Fsp3) is 0.436. The van der Waals surface area contributed by atoms with Gasteiger partial charge in [0.2, 0.25) is 5.16 Å². The zero-order valence-corrected chi connectivity index (χ0v) is 89.8. The molecule has 1 unspecified atom stereocenters. The number of pyridine rings is 1. The first-order chi connectivity index (χ1) is 66.6. The van der Waals surface area contributed by atoms with Crippen molar-refractivity contribution >= 4 is 130 Å². The van der Waals surface area contributed by atoms with Crippen LogP contribution in [0.2, 0.25) is 5.15 Å². The summed E-state index contributed by atoms with van der Waals surface area (Å²) in [5, 5.41) is 48.2. The maximum Gasteiger partial charge on any atom is 0.514 e. The molecule has 48 heteroatoms. The van der Waals surface area contributed by atoms with E-state index in [9.17, 15) is 52.2 Å². The van der Waals surface area contributed by atoms with Gasteiger partial charge >= 0.3 is 31.1 Å². The quantitative estimate of drug-likeness (QED) is 0.0112. The Hall–Kier alpha value is -12.3. The molecule has 0 aromatic carbocycles. The topological polar surface area (TPSA) is 558 Å². The highest BCUT2D eigenvalue weighted by molar-refractivity contribution is 7.99. The van der Waals surface area contributed by atoms with Crippen molar-refractivity contribution in [3.8, 4) is 34.2 Å². The molecule has 12 heterocycles. The van der Waals surface area contributed by atoms with Crippen LogP contribution in [0.1, 0.15) is 199 Å². The number of ketones is 2. The molecule has 14 rings (SSSR count). The number of thioether (sulfide) groups is 4. The second kappa shape index (κ2) is 52.6. The lowest BCUT2D eigenvalue weighted by atomic mass is 9.85. The number of esters is 1. The third kappa shape index (κ3) is 31.8. The van der Waals surface area contributed by atoms with E-state index in [4.69, 9.17) is 41.6 Å². The number of carboxylic acid groups (broad SMARTS) is 2. The number of hydrogen-bond donors (Lipinski definition) is 9. The van der Waals surface area contributed by atoms with Gasteiger partial charge in [0.15, 0.2) is 49.3 Å². The average molecular weight is 2070 g/mol. The lowest BCUT2D eigenvalue weighted by Gasteiger charge is -2.32. The van der Waals surface area contributed by atoms with Crippen LogP contribution in [0.15, 0.2) is 136 Å². The molecule has 762 valence electrons. The summed E-state index contributed by atoms with van der Waals surface area (Å²) in [6.45, 7) is 36.1. The van der Waals surface area contributed by atoms with Gasteiger partial charge in [-0.15, -0.1) is 0 Å². The Morgan fingerprint density at radius 1 is 0.570 bits per heavy atom. The number of aryl methyl sites for hydroxylation is 6. The number of nitrogens with one attached hydrogen (secondary N) is 6. The highest BCUT2D eigenvalue weighted by Gasteiger charge is 2.53. The van der Waals surface area contributed by atoms with E-state index in [1.807, 2.05) is 160 Å². The van der Waals surface area contributed by atoms with E-state index in [1.165, 1.54) is 67.3 Å². The molecular weight excluding hydrogens is 1940 g/mol. The number of alkyl carbamates (subject to hydrolysis) is 1. The van der Waals surface area contributed by atoms with Gasteiger partial charge in [0.1, 0.15) is 22.1 Å². The first-order valence-corrected chi connectivity index (χ1v) is 51.1. The van der Waals surface area contributed by atoms with Crippen LogP contribution in [0.3, 0.4) is 0 Å². The van der Waals surface area contributed by atoms with E-state index < -0.39 is 45.8 Å². The summed E-state index contributed by atoms with van der Waals surface area (Å²) in [7, 11) is 6.78. The van der Waals surface area contributed by atoms with Gasteiger partial charge < -0.3 is 66.0 Å². The predicted molar refractivity (Wildman–Crippen MR) is 548 cm³/mol. The van der Waals surface area contributed by atoms with Crippen molar-refractivity contribution in [3.05, 3.63) is 200 Å². The van der Waals surface area contributed by atoms with E-state index >= 15 is 0 Å². The highest BCUT2D eigenvalue weighted by atomic mass is 35.5. The molecule has 10 N–H and O–H groups in total. The van der Waals surface area contributed by atoms with Crippen LogP contribution in [0.25, 0.3) is 34.2 Å². The number of nitrogens with zero attached hydrogens (tertiary/aromatic N) is 17. The number of piperidine rings is 1. The summed E-state index contributed by atoms with van der Waals surface area (Å²) in [6.07, 6.45) is 21.7. The SMILES string of the molecule is CC(C)(C)OC(=O)NC1CCNCC1.CC1=CC(C)=C(CNC(=O)c2nc(S(C)=O)nc(-c3ccnn3C)c2C)C(=O)C1.COC(=O)c1nc(SC)nc(Cl)c1C.CSc1nc(C(=O)NCC2=C(C)C=C(C)CC2=O)c(C)c(-c2ccnn2C)n1.CSc1nc(C(=O)O)c(C)c(-c2ccnn2C)n1.CSc1nc(C(=O)O)c(C)c(=O)[nH]1.Cc1cc(C)c(CN)c(=O)[nH]1.Cn1nccc1B1OC(C)(C)C(C)(C)O1. The largest absolute Gasteiger partial charge is 0.514 e. The molecule has 2 fully saturated rings. The number of hydrogen-bond acceptors (Lipinski definition) is 34. The van der Waals surface area contributed by atoms with Crippen LogP contribution >= 0.6 is 58.6 Å². The molecule has 0 radical (unpaired) electrons. The number of amides is 3. The maximum atomic E-state index is 12.9. The number of halogens is 1. The third-order valence-corrected chi connectivity index (χ3v) is 25.7. The van der Waals surface area contributed by atoms with Crippen LogP contribution in [0.4, 0.5) is 4.79 Å². The van der Waals surface area contributed by atoms with Crippen molar-refractivity contribution in [1.82, 2.24) is 115 Å². The number of carboxylic acids is 2. The molecule has 4 aliphatic rings. The van der Waals surface area contributed by atoms with Gasteiger partial charge in [0.25, 0.3) is 22.9 Å². The fourth-order valence-electron chi connectivity index (χ4n) is 14.0. The minimum atomic E-state index is -1.47. The number of methoxy groups -OCH3 is 1. The number of ether oxygens (including phenoxy) is 2. The maximum absolute atomic E-state index is 12.9. The smallest absolute Gasteiger partial charge is 0.476 e. The number of allylic oxidation sites excluding steroid dienone is 6. The van der Waals surface area contributed by atoms with Crippen molar-refractivity contribution in [3.63, 3.8) is 0 Å². The van der Waals surface area contributed by atoms with Gasteiger partial charge in [-0.1, -0.05) is 81.9 Å². The second-order valence-electron chi connectivity index (χ2n) is 34.6. The Labute approximate surface area is 848 Å². The Kier molecular flexibility index (Phi) is 43.2. The number of aromatic amines is 2. The summed E-state index contributed by atoms with van der Waals surface area (Å²) in [4.78, 5) is 160. The van der Waals surface area contributed by atoms with E-state index in [0.717, 1.165) is 76.5 Å². The number of rotatable bonds is 20. The third-order valence-electron chi connectivity index (χ3n) is 22.4. The number of carbonyl (C=O) groups is 8. The first-order valence-electron chi connectivity index (χ1n) is 44.3. The summed E-state index contributed by atoms with van der Waals surface area (Å²) in [5.74, 6) is -3.43. The molecular formula is C94H124BClN24O17S5. The van der Waals surface area contributed by atoms with E-state index in [0.29, 0.717) is 107 Å². The molecule has 1 atom stereocenters. The molecule has 142 heavy (non-hydrogen) atoms. The van der Waals surface area contributed by atoms with Crippen LogP contribution < -0.4 is 43.7 Å². The van der Waals surface area contributed by atoms with Crippen LogP contribution in [0.5, 0.6) is 0 Å². The van der Waals surface area contributed by atoms with E-state index in [1.54, 1.807) is 96.8 Å². The summed E-state index contributed by atoms with van der Waals surface area (Å²) in [5.41, 5.74) is 19.4. The number of carbonyl (C=O) groups excluding carboxylic acids is 6. The van der Waals surface area contributed by atoms with E-state index in [2.05, 4.69) is 101 Å². The van der Waals surface area contributed by atoms with Crippen LogP contribution in [0, 0.1) is 48.5 Å². The molecule has 3 amide bonds. The van der Waals surface area contributed by atoms with Crippen molar-refractivity contribution in [1.29, 1.82) is 0 Å². The molecule has 41 nitrogen and oxygen atoms in total. The Morgan fingerprint density at radius 2 is 0.993 bits per heavy atom. The van der Waals surface area contributed by atoms with Crippen molar-refractivity contribution in [2.75, 3.05) is 64.6 Å². The molecule has 2 aliphatic carbocycles. The summed E-state index contributed by atoms with van der Waals surface area (Å²) < 4.78 is 40.4. The van der Waals surface area contributed by atoms with Crippen LogP contribution in [-0.4, -0.2) is 250 Å². The zero-order chi connectivity index (χ0) is 106. The van der Waals surface area contributed by atoms with Gasteiger partial charge in [-0.25, -0.2) is 64.0 Å². The minimum Gasteiger partial charge on any atom is -0.476 e. The fourth-order valence-corrected chi connectivity index (χ4v) is 16.1. The summed E-state index contributed by atoms with van der Waals surface area (Å²) >= 11 is 11.0. The second-order valence-corrected chi connectivity index (χ2v) is 39.4. The zero-order valence-electron chi connectivity index (χ0n) is 85.0. The predicted octanol–water partition coefficient (Wildman–Crippen LogP) is 11.2. The first kappa shape index (κ1) is 117. The van der Waals surface area contributed by atoms with Gasteiger partial charge in [0, 0.05) is 148 Å². The van der Waals surface area contributed by atoms with Gasteiger partial charge in [-0.05, 0) is 223 Å². The number of aromatic carboxylic acids is 2. The molecule has 0 spiro atoms. The normalized spacial score (nSPS) is 14.3. The average Bonchev–Trinajstić information content (AvgIpc) is 1.61. The molecule has 0 bridgehead atoms. The minimum absolute atomic E-state index is 0.00753. The molecule has 2 aliphatic heterocycles. The summed E-state index contributed by atoms with van der Waals surface area (Å²) in [6, 6.07) is 9.52. The highest BCUT2D eigenvalue weighted by Crippen LogP contribution is 2.37. The lowest BCUT2D eigenvalue weighted by Crippen LogP contribution is -2.44. The number of Topliss-reactive ketones (excluding diaryl/α,β-unsaturated/α-hetero) is 2. The standard InChI is InChI=1S/C20H23N5O3S.C20H23N5O2S.C11H12N4O2S.C10H17BN2O2.C10H20N2O2.C8H9ClN2O2S.C8H12N2O.C7H8N2O3S/c1-11-8-12(2)14(16(26)9-11)10-21-19(27)18-13(3)17(15-6-7-22-25(15)4)23-20(24-18)29(5)28;1-11-8-12(2)14(16(26)9-11)10-21-19(27)18-13(3)17(23-20(24-18)28-5)15-6-7-22-25(15)4;1-6-8(7-4-5-12-15(7)2)13-11(18-3)14-9(6)10(16)17;1-9(2)10(3,4)15-11(14-9)8-6-7-12-13(8)5;1-10(2,3)14-9(13)12-8-4-6-11-7-5-8;1-4-5(7(12)13-2)10-8(14-3)11-6(4)9;1-5-3-6(2)10-8(11)7(5)4-9;1-3-4(6(11)12)8-7(13-2)9-5(3)10/h6-8H,9-10H2,1-5H3,(H,21,27);6-8H,9-10H2,1-5H3,(H,21,27);4-5H,1-3H3,(H,16,17);6-7H,1-5H3;8,11H,4-7H2,1-3H3,(H,12,13);1-3H3;3H,4,9H2,1-2H3,(H,10,11);1-2H3,(H,11,12)(H,8,9,10). The number of aromatic nitrogens is 19. The van der Waals surface area contributed by atoms with Gasteiger partial charge in [0.05, 0.1) is 68.9 Å². The monoisotopic (exact) mass is 2070 g/mol. The Balaban J connectivity index is 0.000000226.